The molecule has 1 saturated heterocycles. The molecule has 35 heavy (non-hydrogen) atoms. The first-order valence-electron chi connectivity index (χ1n) is 11.2. The molecule has 0 bridgehead atoms. The molecule has 1 aliphatic heterocycles. The molecule has 3 aromatic rings. The van der Waals surface area contributed by atoms with Crippen molar-refractivity contribution in [3.63, 3.8) is 0 Å². The molecule has 0 saturated carbocycles. The lowest BCUT2D eigenvalue weighted by atomic mass is 9.90. The van der Waals surface area contributed by atoms with Crippen molar-refractivity contribution < 1.29 is 27.4 Å². The molecule has 1 amide bonds. The highest BCUT2D eigenvalue weighted by Crippen LogP contribution is 2.34. The second-order valence-corrected chi connectivity index (χ2v) is 8.66. The molecule has 2 N–H and O–H groups in total. The van der Waals surface area contributed by atoms with Crippen LogP contribution >= 0.6 is 0 Å². The van der Waals surface area contributed by atoms with Gasteiger partial charge in [-0.15, -0.1) is 13.2 Å². The number of nitrogens with zero attached hydrogens (tertiary/aromatic N) is 2. The first-order chi connectivity index (χ1) is 16.5. The first kappa shape index (κ1) is 24.5. The van der Waals surface area contributed by atoms with E-state index in [1.165, 1.54) is 24.3 Å². The highest BCUT2D eigenvalue weighted by Gasteiger charge is 2.31. The van der Waals surface area contributed by atoms with Crippen molar-refractivity contribution in [3.8, 4) is 28.0 Å². The lowest BCUT2D eigenvalue weighted by Gasteiger charge is -2.36. The Morgan fingerprint density at radius 3 is 2.14 bits per heavy atom. The van der Waals surface area contributed by atoms with Crippen LogP contribution in [0.4, 0.5) is 19.0 Å². The van der Waals surface area contributed by atoms with Gasteiger partial charge in [-0.2, -0.15) is 0 Å². The fourth-order valence-corrected chi connectivity index (χ4v) is 4.52. The van der Waals surface area contributed by atoms with Gasteiger partial charge < -0.3 is 20.1 Å². The van der Waals surface area contributed by atoms with Gasteiger partial charge in [-0.25, -0.2) is 4.98 Å². The fraction of sp³-hybridized carbons (Fsp3) is 0.308. The van der Waals surface area contributed by atoms with Crippen LogP contribution in [0.3, 0.4) is 0 Å². The number of carbonyl (C=O) groups excluding carboxylic acids is 1. The van der Waals surface area contributed by atoms with Crippen molar-refractivity contribution in [2.24, 2.45) is 5.73 Å². The summed E-state index contributed by atoms with van der Waals surface area (Å²) in [4.78, 5) is 19.2. The zero-order chi connectivity index (χ0) is 25.3. The molecule has 184 valence electrons. The average Bonchev–Trinajstić information content (AvgIpc) is 2.78. The number of nitrogens with two attached hydrogens (primary N) is 1. The second kappa shape index (κ2) is 9.58. The third-order valence-corrected chi connectivity index (χ3v) is 5.91. The minimum atomic E-state index is -4.76. The highest BCUT2D eigenvalue weighted by molar-refractivity contribution is 6.03. The van der Waals surface area contributed by atoms with E-state index in [-0.39, 0.29) is 18.0 Å². The van der Waals surface area contributed by atoms with E-state index in [9.17, 15) is 18.0 Å². The number of alkyl halides is 3. The van der Waals surface area contributed by atoms with Crippen molar-refractivity contribution in [1.29, 1.82) is 0 Å². The van der Waals surface area contributed by atoms with Crippen molar-refractivity contribution >= 4 is 11.7 Å². The number of carbonyl (C=O) groups is 1. The predicted octanol–water partition coefficient (Wildman–Crippen LogP) is 5.34. The number of amides is 1. The van der Waals surface area contributed by atoms with Crippen LogP contribution in [0.15, 0.2) is 54.7 Å². The zero-order valence-corrected chi connectivity index (χ0v) is 19.6. The van der Waals surface area contributed by atoms with Crippen LogP contribution in [0, 0.1) is 6.92 Å². The fourth-order valence-electron chi connectivity index (χ4n) is 4.52. The number of anilines is 1. The monoisotopic (exact) mass is 485 g/mol. The number of rotatable bonds is 5. The summed E-state index contributed by atoms with van der Waals surface area (Å²) in [6, 6.07) is 12.9. The highest BCUT2D eigenvalue weighted by atomic mass is 19.4. The van der Waals surface area contributed by atoms with Crippen LogP contribution in [-0.2, 0) is 4.74 Å². The van der Waals surface area contributed by atoms with Crippen LogP contribution < -0.4 is 15.4 Å². The second-order valence-electron chi connectivity index (χ2n) is 8.66. The summed E-state index contributed by atoms with van der Waals surface area (Å²) in [7, 11) is 0. The number of ether oxygens (including phenoxy) is 2. The maximum Gasteiger partial charge on any atom is 0.573 e. The van der Waals surface area contributed by atoms with E-state index < -0.39 is 12.3 Å². The van der Waals surface area contributed by atoms with Crippen LogP contribution in [0.5, 0.6) is 5.75 Å². The lowest BCUT2D eigenvalue weighted by Crippen LogP contribution is -2.45. The molecule has 2 unspecified atom stereocenters. The Balaban J connectivity index is 1.64. The molecular formula is C26H26F3N3O3. The molecule has 9 heteroatoms. The minimum absolute atomic E-state index is 0.103. The Morgan fingerprint density at radius 2 is 1.60 bits per heavy atom. The van der Waals surface area contributed by atoms with E-state index in [0.29, 0.717) is 27.8 Å². The van der Waals surface area contributed by atoms with E-state index in [4.69, 9.17) is 10.5 Å². The van der Waals surface area contributed by atoms with Crippen LogP contribution in [-0.4, -0.2) is 42.6 Å². The third kappa shape index (κ3) is 5.57. The van der Waals surface area contributed by atoms with Crippen molar-refractivity contribution in [2.45, 2.75) is 39.3 Å². The molecule has 6 nitrogen and oxygen atoms in total. The van der Waals surface area contributed by atoms with Crippen LogP contribution in [0.25, 0.3) is 22.3 Å². The molecular weight excluding hydrogens is 459 g/mol. The summed E-state index contributed by atoms with van der Waals surface area (Å²) >= 11 is 0. The molecule has 2 atom stereocenters. The number of halogens is 3. The molecule has 2 heterocycles. The standard InChI is InChI=1S/C26H26F3N3O3/c1-15-13-32(14-16(2)34-15)23-11-6-19(12-31-23)22-10-9-21(17(3)24(22)25(30)33)18-4-7-20(8-5-18)35-26(27,28)29/h4-12,15-16H,13-14H2,1-3H3,(H2,30,33). The third-order valence-electron chi connectivity index (χ3n) is 5.91. The molecule has 0 spiro atoms. The van der Waals surface area contributed by atoms with Gasteiger partial charge in [-0.1, -0.05) is 24.3 Å². The van der Waals surface area contributed by atoms with Crippen molar-refractivity contribution in [1.82, 2.24) is 4.98 Å². The smallest absolute Gasteiger partial charge is 0.406 e. The van der Waals surface area contributed by atoms with Gasteiger partial charge in [0.25, 0.3) is 0 Å². The van der Waals surface area contributed by atoms with Gasteiger partial charge in [0, 0.05) is 24.8 Å². The van der Waals surface area contributed by atoms with Gasteiger partial charge in [0.05, 0.1) is 17.8 Å². The van der Waals surface area contributed by atoms with E-state index in [2.05, 4.69) is 14.6 Å². The number of hydrogen-bond acceptors (Lipinski definition) is 5. The van der Waals surface area contributed by atoms with Gasteiger partial charge in [0.1, 0.15) is 11.6 Å². The number of pyridine rings is 1. The van der Waals surface area contributed by atoms with Crippen molar-refractivity contribution in [2.75, 3.05) is 18.0 Å². The Hall–Kier alpha value is -3.59. The molecule has 4 rings (SSSR count). The normalized spacial score (nSPS) is 18.4. The Morgan fingerprint density at radius 1 is 1.00 bits per heavy atom. The predicted molar refractivity (Wildman–Crippen MR) is 127 cm³/mol. The molecule has 1 aliphatic rings. The maximum absolute atomic E-state index is 12.5. The van der Waals surface area contributed by atoms with E-state index in [0.717, 1.165) is 24.5 Å². The lowest BCUT2D eigenvalue weighted by molar-refractivity contribution is -0.274. The van der Waals surface area contributed by atoms with Gasteiger partial charge in [-0.05, 0) is 67.3 Å². The maximum atomic E-state index is 12.5. The van der Waals surface area contributed by atoms with Gasteiger partial charge in [0.2, 0.25) is 5.91 Å². The summed E-state index contributed by atoms with van der Waals surface area (Å²) in [6.45, 7) is 7.29. The number of morpholine rings is 1. The quantitative estimate of drug-likeness (QED) is 0.528. The molecule has 0 radical (unpaired) electrons. The first-order valence-corrected chi connectivity index (χ1v) is 11.2. The summed E-state index contributed by atoms with van der Waals surface area (Å²) in [5, 5.41) is 0. The summed E-state index contributed by atoms with van der Waals surface area (Å²) in [5.74, 6) is -0.0944. The number of primary amides is 1. The SMILES string of the molecule is Cc1c(-c2ccc(OC(F)(F)F)cc2)ccc(-c2ccc(N3CC(C)OC(C)C3)nc2)c1C(N)=O. The largest absolute Gasteiger partial charge is 0.573 e. The van der Waals surface area contributed by atoms with Crippen LogP contribution in [0.2, 0.25) is 0 Å². The minimum Gasteiger partial charge on any atom is -0.406 e. The average molecular weight is 486 g/mol. The number of benzene rings is 2. The van der Waals surface area contributed by atoms with Gasteiger partial charge in [0.15, 0.2) is 0 Å². The molecule has 0 aliphatic carbocycles. The number of aromatic nitrogens is 1. The summed E-state index contributed by atoms with van der Waals surface area (Å²) in [6.07, 6.45) is -2.85. The van der Waals surface area contributed by atoms with Gasteiger partial charge in [-0.3, -0.25) is 4.79 Å². The molecule has 1 fully saturated rings. The van der Waals surface area contributed by atoms with Crippen molar-refractivity contribution in [3.05, 3.63) is 65.9 Å². The zero-order valence-electron chi connectivity index (χ0n) is 19.6. The topological polar surface area (TPSA) is 77.7 Å². The number of hydrogen-bond donors (Lipinski definition) is 1. The Kier molecular flexibility index (Phi) is 6.71. The molecule has 2 aromatic carbocycles. The summed E-state index contributed by atoms with van der Waals surface area (Å²) < 4.78 is 47.1. The molecule has 1 aromatic heterocycles. The Labute approximate surface area is 201 Å². The van der Waals surface area contributed by atoms with Crippen LogP contribution in [0.1, 0.15) is 29.8 Å². The van der Waals surface area contributed by atoms with E-state index >= 15 is 0 Å². The van der Waals surface area contributed by atoms with Gasteiger partial charge >= 0.3 is 6.36 Å². The Bertz CT molecular complexity index is 1200. The van der Waals surface area contributed by atoms with E-state index in [1.807, 2.05) is 32.0 Å². The van der Waals surface area contributed by atoms with E-state index in [1.54, 1.807) is 19.2 Å². The summed E-state index contributed by atoms with van der Waals surface area (Å²) in [5.41, 5.74) is 9.39.